The lowest BCUT2D eigenvalue weighted by atomic mass is 9.69. The quantitative estimate of drug-likeness (QED) is 0.742. The number of hydrogen-bond donors (Lipinski definition) is 2. The summed E-state index contributed by atoms with van der Waals surface area (Å²) in [5.41, 5.74) is 3.50. The number of rotatable bonds is 3. The van der Waals surface area contributed by atoms with Gasteiger partial charge in [-0.1, -0.05) is 25.3 Å². The predicted molar refractivity (Wildman–Crippen MR) is 102 cm³/mol. The van der Waals surface area contributed by atoms with Crippen molar-refractivity contribution in [3.63, 3.8) is 0 Å². The Bertz CT molecular complexity index is 924. The van der Waals surface area contributed by atoms with Crippen molar-refractivity contribution in [2.75, 3.05) is 18.0 Å². The summed E-state index contributed by atoms with van der Waals surface area (Å²) in [5, 5.41) is 25.7. The topological polar surface area (TPSA) is 90.8 Å². The average molecular weight is 362 g/mol. The van der Waals surface area contributed by atoms with Crippen molar-refractivity contribution < 1.29 is 5.11 Å². The molecule has 5 rings (SSSR count). The minimum absolute atomic E-state index is 0.155. The van der Waals surface area contributed by atoms with E-state index < -0.39 is 0 Å². The van der Waals surface area contributed by atoms with Crippen molar-refractivity contribution in [3.8, 4) is 28.1 Å². The van der Waals surface area contributed by atoms with Crippen LogP contribution in [-0.4, -0.2) is 43.6 Å². The number of aromatic amines is 1. The van der Waals surface area contributed by atoms with E-state index in [0.29, 0.717) is 22.6 Å². The van der Waals surface area contributed by atoms with Crippen molar-refractivity contribution >= 4 is 5.95 Å². The number of aromatic hydroxyl groups is 1. The van der Waals surface area contributed by atoms with Crippen LogP contribution < -0.4 is 4.90 Å². The Labute approximate surface area is 157 Å². The van der Waals surface area contributed by atoms with Crippen LogP contribution in [0.2, 0.25) is 0 Å². The molecule has 0 atom stereocenters. The normalized spacial score (nSPS) is 18.4. The maximum absolute atomic E-state index is 10.4. The highest BCUT2D eigenvalue weighted by Crippen LogP contribution is 2.44. The Balaban J connectivity index is 1.32. The zero-order valence-corrected chi connectivity index (χ0v) is 15.1. The third-order valence-corrected chi connectivity index (χ3v) is 5.90. The van der Waals surface area contributed by atoms with Gasteiger partial charge >= 0.3 is 0 Å². The van der Waals surface area contributed by atoms with Crippen LogP contribution in [0.25, 0.3) is 22.4 Å². The molecule has 2 fully saturated rings. The lowest BCUT2D eigenvalue weighted by molar-refractivity contribution is 0.137. The van der Waals surface area contributed by atoms with Crippen molar-refractivity contribution in [2.24, 2.45) is 5.41 Å². The molecule has 1 spiro atoms. The first-order valence-corrected chi connectivity index (χ1v) is 9.50. The number of nitrogens with zero attached hydrogens (tertiary/aromatic N) is 5. The molecule has 0 bridgehead atoms. The van der Waals surface area contributed by atoms with Crippen LogP contribution in [0.5, 0.6) is 5.75 Å². The van der Waals surface area contributed by atoms with Gasteiger partial charge in [0.1, 0.15) is 11.4 Å². The first-order chi connectivity index (χ1) is 13.2. The van der Waals surface area contributed by atoms with E-state index >= 15 is 0 Å². The number of phenolic OH excluding ortho intramolecular Hbond substituents is 1. The summed E-state index contributed by atoms with van der Waals surface area (Å²) in [6, 6.07) is 5.47. The lowest BCUT2D eigenvalue weighted by Crippen LogP contribution is -2.57. The first kappa shape index (κ1) is 16.2. The van der Waals surface area contributed by atoms with E-state index in [1.54, 1.807) is 24.7 Å². The fourth-order valence-electron chi connectivity index (χ4n) is 4.40. The summed E-state index contributed by atoms with van der Waals surface area (Å²) in [5.74, 6) is 0.840. The Hall–Kier alpha value is -2.96. The monoisotopic (exact) mass is 362 g/mol. The predicted octanol–water partition coefficient (Wildman–Crippen LogP) is 3.40. The molecule has 3 aromatic rings. The second-order valence-corrected chi connectivity index (χ2v) is 7.78. The van der Waals surface area contributed by atoms with Crippen LogP contribution in [-0.2, 0) is 0 Å². The smallest absolute Gasteiger partial charge is 0.245 e. The van der Waals surface area contributed by atoms with E-state index in [1.165, 1.54) is 32.1 Å². The fraction of sp³-hybridized carbons (Fsp3) is 0.400. The van der Waals surface area contributed by atoms with Gasteiger partial charge < -0.3 is 10.0 Å². The summed E-state index contributed by atoms with van der Waals surface area (Å²) < 4.78 is 0. The minimum Gasteiger partial charge on any atom is -0.507 e. The van der Waals surface area contributed by atoms with Crippen LogP contribution in [0.1, 0.15) is 32.1 Å². The molecule has 1 aromatic carbocycles. The molecule has 138 valence electrons. The number of nitrogens with one attached hydrogen (secondary N) is 1. The van der Waals surface area contributed by atoms with E-state index in [2.05, 4.69) is 30.3 Å². The standard InChI is InChI=1S/C20H22N6O/c27-18-8-14(15-9-22-23-10-15)4-5-16(18)17-11-21-19(25-24-17)26-12-20(13-26)6-2-1-3-7-20/h4-5,8-11,27H,1-3,6-7,12-13H2,(H,22,23). The Kier molecular flexibility index (Phi) is 3.81. The molecule has 1 saturated carbocycles. The second-order valence-electron chi connectivity index (χ2n) is 7.78. The van der Waals surface area contributed by atoms with Crippen molar-refractivity contribution in [1.82, 2.24) is 25.4 Å². The maximum Gasteiger partial charge on any atom is 0.245 e. The summed E-state index contributed by atoms with van der Waals surface area (Å²) in [6.45, 7) is 2.08. The molecule has 0 amide bonds. The Morgan fingerprint density at radius 2 is 1.85 bits per heavy atom. The van der Waals surface area contributed by atoms with Gasteiger partial charge in [0, 0.05) is 35.8 Å². The molecular weight excluding hydrogens is 340 g/mol. The molecule has 1 aliphatic heterocycles. The van der Waals surface area contributed by atoms with Gasteiger partial charge in [-0.2, -0.15) is 5.10 Å². The third-order valence-electron chi connectivity index (χ3n) is 5.90. The number of hydrogen-bond acceptors (Lipinski definition) is 6. The lowest BCUT2D eigenvalue weighted by Gasteiger charge is -2.52. The van der Waals surface area contributed by atoms with Crippen LogP contribution in [0, 0.1) is 5.41 Å². The summed E-state index contributed by atoms with van der Waals surface area (Å²) >= 11 is 0. The molecule has 1 aliphatic carbocycles. The van der Waals surface area contributed by atoms with Gasteiger partial charge in [0.2, 0.25) is 5.95 Å². The SMILES string of the molecule is Oc1cc(-c2cn[nH]c2)ccc1-c1cnc(N2CC3(CCCCC3)C2)nn1. The number of anilines is 1. The van der Waals surface area contributed by atoms with E-state index in [4.69, 9.17) is 0 Å². The highest BCUT2D eigenvalue weighted by Gasteiger charge is 2.44. The molecule has 2 aromatic heterocycles. The van der Waals surface area contributed by atoms with Gasteiger partial charge in [0.05, 0.1) is 12.4 Å². The van der Waals surface area contributed by atoms with E-state index in [9.17, 15) is 5.11 Å². The van der Waals surface area contributed by atoms with E-state index in [0.717, 1.165) is 24.2 Å². The van der Waals surface area contributed by atoms with Gasteiger partial charge in [-0.3, -0.25) is 5.10 Å². The van der Waals surface area contributed by atoms with Crippen molar-refractivity contribution in [3.05, 3.63) is 36.8 Å². The molecule has 1 saturated heterocycles. The van der Waals surface area contributed by atoms with Gasteiger partial charge in [-0.15, -0.1) is 10.2 Å². The summed E-state index contributed by atoms with van der Waals surface area (Å²) in [6.07, 6.45) is 11.9. The Morgan fingerprint density at radius 1 is 1.00 bits per heavy atom. The van der Waals surface area contributed by atoms with Gasteiger partial charge in [0.15, 0.2) is 0 Å². The van der Waals surface area contributed by atoms with Gasteiger partial charge in [-0.25, -0.2) is 4.98 Å². The molecule has 7 nitrogen and oxygen atoms in total. The second kappa shape index (κ2) is 6.33. The van der Waals surface area contributed by atoms with Crippen molar-refractivity contribution in [2.45, 2.75) is 32.1 Å². The molecule has 3 heterocycles. The zero-order chi connectivity index (χ0) is 18.3. The highest BCUT2D eigenvalue weighted by atomic mass is 16.3. The molecular formula is C20H22N6O. The number of benzene rings is 1. The molecule has 7 heteroatoms. The number of H-pyrrole nitrogens is 1. The third kappa shape index (κ3) is 2.93. The van der Waals surface area contributed by atoms with E-state index in [1.807, 2.05) is 12.1 Å². The fourth-order valence-corrected chi connectivity index (χ4v) is 4.40. The number of aromatic nitrogens is 5. The summed E-state index contributed by atoms with van der Waals surface area (Å²) in [4.78, 5) is 6.71. The first-order valence-electron chi connectivity index (χ1n) is 9.50. The average Bonchev–Trinajstić information content (AvgIpc) is 3.22. The molecule has 0 unspecified atom stereocenters. The van der Waals surface area contributed by atoms with Crippen LogP contribution in [0.4, 0.5) is 5.95 Å². The number of phenols is 1. The van der Waals surface area contributed by atoms with Gasteiger partial charge in [-0.05, 0) is 30.5 Å². The largest absolute Gasteiger partial charge is 0.507 e. The maximum atomic E-state index is 10.4. The van der Waals surface area contributed by atoms with E-state index in [-0.39, 0.29) is 5.75 Å². The van der Waals surface area contributed by atoms with Crippen molar-refractivity contribution in [1.29, 1.82) is 0 Å². The molecule has 27 heavy (non-hydrogen) atoms. The summed E-state index contributed by atoms with van der Waals surface area (Å²) in [7, 11) is 0. The van der Waals surface area contributed by atoms with Gasteiger partial charge in [0.25, 0.3) is 0 Å². The molecule has 2 N–H and O–H groups in total. The highest BCUT2D eigenvalue weighted by molar-refractivity contribution is 5.73. The van der Waals surface area contributed by atoms with Crippen LogP contribution in [0.15, 0.2) is 36.8 Å². The molecule has 0 radical (unpaired) electrons. The zero-order valence-electron chi connectivity index (χ0n) is 15.1. The van der Waals surface area contributed by atoms with Crippen LogP contribution >= 0.6 is 0 Å². The minimum atomic E-state index is 0.155. The molecule has 2 aliphatic rings. The van der Waals surface area contributed by atoms with Crippen LogP contribution in [0.3, 0.4) is 0 Å². The Morgan fingerprint density at radius 3 is 2.52 bits per heavy atom.